The predicted octanol–water partition coefficient (Wildman–Crippen LogP) is 0.319. The Balaban J connectivity index is 2.39. The maximum atomic E-state index is 13.5. The monoisotopic (exact) mass is 314 g/mol. The highest BCUT2D eigenvalue weighted by Crippen LogP contribution is 2.22. The van der Waals surface area contributed by atoms with Gasteiger partial charge in [-0.25, -0.2) is 12.8 Å². The Morgan fingerprint density at radius 3 is 2.62 bits per heavy atom. The third-order valence-corrected chi connectivity index (χ3v) is 4.53. The van der Waals surface area contributed by atoms with Gasteiger partial charge in [-0.15, -0.1) is 0 Å². The highest BCUT2D eigenvalue weighted by Gasteiger charge is 2.33. The van der Waals surface area contributed by atoms with Gasteiger partial charge in [0.25, 0.3) is 5.91 Å². The van der Waals surface area contributed by atoms with E-state index in [4.69, 9.17) is 5.73 Å². The molecular formula is C13H15FN2O4S. The molecule has 6 nitrogen and oxygen atoms in total. The molecule has 1 heterocycles. The number of nitrogens with zero attached hydrogens (tertiary/aromatic N) is 1. The minimum Gasteiger partial charge on any atom is -0.368 e. The maximum absolute atomic E-state index is 13.5. The lowest BCUT2D eigenvalue weighted by Crippen LogP contribution is -2.43. The van der Waals surface area contributed by atoms with Gasteiger partial charge in [-0.05, 0) is 31.0 Å². The van der Waals surface area contributed by atoms with E-state index >= 15 is 0 Å². The molecule has 2 N–H and O–H groups in total. The average Bonchev–Trinajstić information content (AvgIpc) is 2.86. The van der Waals surface area contributed by atoms with Gasteiger partial charge >= 0.3 is 0 Å². The Hall–Kier alpha value is -1.96. The zero-order chi connectivity index (χ0) is 15.8. The van der Waals surface area contributed by atoms with E-state index in [1.807, 2.05) is 0 Å². The van der Waals surface area contributed by atoms with Gasteiger partial charge in [-0.3, -0.25) is 9.59 Å². The van der Waals surface area contributed by atoms with Crippen molar-refractivity contribution in [2.45, 2.75) is 23.8 Å². The summed E-state index contributed by atoms with van der Waals surface area (Å²) in [5.41, 5.74) is 5.26. The molecule has 1 aliphatic heterocycles. The molecule has 1 fully saturated rings. The molecule has 0 unspecified atom stereocenters. The van der Waals surface area contributed by atoms with Crippen LogP contribution in [0.4, 0.5) is 4.39 Å². The van der Waals surface area contributed by atoms with Gasteiger partial charge in [0, 0.05) is 18.4 Å². The fraction of sp³-hybridized carbons (Fsp3) is 0.385. The lowest BCUT2D eigenvalue weighted by atomic mass is 10.1. The van der Waals surface area contributed by atoms with Crippen LogP contribution < -0.4 is 5.73 Å². The van der Waals surface area contributed by atoms with Crippen molar-refractivity contribution < 1.29 is 22.4 Å². The first kappa shape index (κ1) is 15.4. The predicted molar refractivity (Wildman–Crippen MR) is 72.8 cm³/mol. The van der Waals surface area contributed by atoms with Crippen LogP contribution in [0.5, 0.6) is 0 Å². The molecule has 0 radical (unpaired) electrons. The van der Waals surface area contributed by atoms with Crippen LogP contribution in [0, 0.1) is 5.82 Å². The topological polar surface area (TPSA) is 97.5 Å². The number of likely N-dealkylation sites (tertiary alicyclic amines) is 1. The van der Waals surface area contributed by atoms with E-state index in [2.05, 4.69) is 0 Å². The van der Waals surface area contributed by atoms with Crippen LogP contribution in [0.1, 0.15) is 23.2 Å². The minimum atomic E-state index is -3.78. The van der Waals surface area contributed by atoms with E-state index in [0.29, 0.717) is 19.4 Å². The summed E-state index contributed by atoms with van der Waals surface area (Å²) in [6.45, 7) is 0.359. The first-order valence-electron chi connectivity index (χ1n) is 6.31. The smallest absolute Gasteiger partial charge is 0.254 e. The Morgan fingerprint density at radius 1 is 1.38 bits per heavy atom. The van der Waals surface area contributed by atoms with Crippen molar-refractivity contribution >= 4 is 21.7 Å². The first-order chi connectivity index (χ1) is 9.71. The molecule has 8 heteroatoms. The van der Waals surface area contributed by atoms with E-state index in [0.717, 1.165) is 18.4 Å². The third-order valence-electron chi connectivity index (χ3n) is 3.42. The molecule has 0 aliphatic carbocycles. The lowest BCUT2D eigenvalue weighted by Gasteiger charge is -2.22. The SMILES string of the molecule is CS(=O)(=O)c1cc(C(=O)N2CCC[C@@H]2C(N)=O)ccc1F. The lowest BCUT2D eigenvalue weighted by molar-refractivity contribution is -0.121. The van der Waals surface area contributed by atoms with Gasteiger partial charge in [-0.2, -0.15) is 0 Å². The zero-order valence-corrected chi connectivity index (χ0v) is 12.2. The molecule has 0 bridgehead atoms. The van der Waals surface area contributed by atoms with Crippen LogP contribution in [-0.4, -0.2) is 44.0 Å². The maximum Gasteiger partial charge on any atom is 0.254 e. The van der Waals surface area contributed by atoms with Gasteiger partial charge in [0.05, 0.1) is 0 Å². The highest BCUT2D eigenvalue weighted by atomic mass is 32.2. The summed E-state index contributed by atoms with van der Waals surface area (Å²) >= 11 is 0. The minimum absolute atomic E-state index is 0.0185. The summed E-state index contributed by atoms with van der Waals surface area (Å²) in [5, 5.41) is 0. The second-order valence-electron chi connectivity index (χ2n) is 4.98. The normalized spacial score (nSPS) is 18.8. The number of halogens is 1. The molecule has 1 aliphatic rings. The summed E-state index contributed by atoms with van der Waals surface area (Å²) in [7, 11) is -3.78. The number of nitrogens with two attached hydrogens (primary N) is 1. The van der Waals surface area contributed by atoms with E-state index in [9.17, 15) is 22.4 Å². The number of primary amides is 1. The standard InChI is InChI=1S/C13H15FN2O4S/c1-21(19,20)11-7-8(4-5-9(11)14)13(18)16-6-2-3-10(16)12(15)17/h4-5,7,10H,2-3,6H2,1H3,(H2,15,17)/t10-/m1/s1. The summed E-state index contributed by atoms with van der Waals surface area (Å²) in [5.74, 6) is -2.05. The largest absolute Gasteiger partial charge is 0.368 e. The number of hydrogen-bond donors (Lipinski definition) is 1. The third kappa shape index (κ3) is 3.05. The van der Waals surface area contributed by atoms with E-state index < -0.39 is 38.4 Å². The molecule has 1 atom stereocenters. The van der Waals surface area contributed by atoms with Crippen LogP contribution in [-0.2, 0) is 14.6 Å². The van der Waals surface area contributed by atoms with Crippen molar-refractivity contribution in [2.24, 2.45) is 5.73 Å². The van der Waals surface area contributed by atoms with Gasteiger partial charge in [-0.1, -0.05) is 0 Å². The molecule has 1 aromatic rings. The van der Waals surface area contributed by atoms with Crippen LogP contribution >= 0.6 is 0 Å². The average molecular weight is 314 g/mol. The Bertz CT molecular complexity index is 702. The van der Waals surface area contributed by atoms with Crippen molar-refractivity contribution in [3.63, 3.8) is 0 Å². The summed E-state index contributed by atoms with van der Waals surface area (Å²) in [6.07, 6.45) is 1.97. The number of benzene rings is 1. The number of rotatable bonds is 3. The van der Waals surface area contributed by atoms with E-state index in [1.165, 1.54) is 11.0 Å². The van der Waals surface area contributed by atoms with E-state index in [1.54, 1.807) is 0 Å². The van der Waals surface area contributed by atoms with Crippen molar-refractivity contribution in [1.29, 1.82) is 0 Å². The van der Waals surface area contributed by atoms with Crippen molar-refractivity contribution in [3.05, 3.63) is 29.6 Å². The highest BCUT2D eigenvalue weighted by molar-refractivity contribution is 7.90. The number of carbonyl (C=O) groups excluding carboxylic acids is 2. The quantitative estimate of drug-likeness (QED) is 0.868. The van der Waals surface area contributed by atoms with Crippen molar-refractivity contribution in [3.8, 4) is 0 Å². The molecule has 2 rings (SSSR count). The number of carbonyl (C=O) groups is 2. The van der Waals surface area contributed by atoms with Gasteiger partial charge in [0.2, 0.25) is 5.91 Å². The molecule has 0 saturated carbocycles. The van der Waals surface area contributed by atoms with Crippen molar-refractivity contribution in [1.82, 2.24) is 4.90 Å². The molecule has 114 valence electrons. The molecule has 1 aromatic carbocycles. The fourth-order valence-electron chi connectivity index (χ4n) is 2.39. The Labute approximate surface area is 121 Å². The van der Waals surface area contributed by atoms with E-state index in [-0.39, 0.29) is 5.56 Å². The Morgan fingerprint density at radius 2 is 2.05 bits per heavy atom. The van der Waals surface area contributed by atoms with Crippen molar-refractivity contribution in [2.75, 3.05) is 12.8 Å². The molecule has 21 heavy (non-hydrogen) atoms. The molecule has 0 aromatic heterocycles. The van der Waals surface area contributed by atoms with Gasteiger partial charge < -0.3 is 10.6 Å². The number of amides is 2. The molecule has 1 saturated heterocycles. The summed E-state index contributed by atoms with van der Waals surface area (Å²) in [4.78, 5) is 24.4. The second kappa shape index (κ2) is 5.44. The first-order valence-corrected chi connectivity index (χ1v) is 8.21. The molecule has 0 spiro atoms. The number of sulfone groups is 1. The molecule has 2 amide bonds. The zero-order valence-electron chi connectivity index (χ0n) is 11.4. The van der Waals surface area contributed by atoms with Gasteiger partial charge in [0.15, 0.2) is 9.84 Å². The fourth-order valence-corrected chi connectivity index (χ4v) is 3.16. The van der Waals surface area contributed by atoms with Gasteiger partial charge in [0.1, 0.15) is 16.8 Å². The molecular weight excluding hydrogens is 299 g/mol. The number of hydrogen-bond acceptors (Lipinski definition) is 4. The second-order valence-corrected chi connectivity index (χ2v) is 6.96. The van der Waals surface area contributed by atoms with Crippen LogP contribution in [0.25, 0.3) is 0 Å². The van der Waals surface area contributed by atoms with Crippen LogP contribution in [0.15, 0.2) is 23.1 Å². The van der Waals surface area contributed by atoms with Crippen LogP contribution in [0.2, 0.25) is 0 Å². The Kier molecular flexibility index (Phi) is 3.99. The summed E-state index contributed by atoms with van der Waals surface area (Å²) in [6, 6.07) is 2.41. The van der Waals surface area contributed by atoms with Crippen LogP contribution in [0.3, 0.4) is 0 Å². The summed E-state index contributed by atoms with van der Waals surface area (Å²) < 4.78 is 36.5.